The van der Waals surface area contributed by atoms with Crippen LogP contribution in [0.3, 0.4) is 0 Å². The van der Waals surface area contributed by atoms with E-state index in [9.17, 15) is 9.59 Å². The molecule has 3 aromatic rings. The van der Waals surface area contributed by atoms with E-state index >= 15 is 0 Å². The zero-order chi connectivity index (χ0) is 15.7. The molecule has 22 heavy (non-hydrogen) atoms. The number of carbonyl (C=O) groups is 2. The number of hydrogen-bond acceptors (Lipinski definition) is 4. The van der Waals surface area contributed by atoms with Gasteiger partial charge in [-0.1, -0.05) is 12.1 Å². The summed E-state index contributed by atoms with van der Waals surface area (Å²) in [5.41, 5.74) is 1.26. The first kappa shape index (κ1) is 13.8. The lowest BCUT2D eigenvalue weighted by Gasteiger charge is -2.10. The summed E-state index contributed by atoms with van der Waals surface area (Å²) in [7, 11) is 0. The molecule has 0 saturated heterocycles. The Kier molecular flexibility index (Phi) is 3.34. The normalized spacial score (nSPS) is 12.2. The molecule has 112 valence electrons. The van der Waals surface area contributed by atoms with Crippen LogP contribution in [0.4, 0.5) is 0 Å². The van der Waals surface area contributed by atoms with E-state index in [4.69, 9.17) is 5.11 Å². The van der Waals surface area contributed by atoms with Gasteiger partial charge in [-0.25, -0.2) is 14.8 Å². The highest BCUT2D eigenvalue weighted by atomic mass is 16.4. The van der Waals surface area contributed by atoms with Gasteiger partial charge in [0.05, 0.1) is 23.4 Å². The van der Waals surface area contributed by atoms with Crippen LogP contribution in [-0.2, 0) is 0 Å². The second kappa shape index (κ2) is 5.32. The highest BCUT2D eigenvalue weighted by Gasteiger charge is 2.22. The Balaban J connectivity index is 1.81. The van der Waals surface area contributed by atoms with Crippen molar-refractivity contribution < 1.29 is 14.7 Å². The van der Waals surface area contributed by atoms with E-state index in [0.717, 1.165) is 11.0 Å². The number of carboxylic acids is 1. The van der Waals surface area contributed by atoms with E-state index in [-0.39, 0.29) is 11.4 Å². The maximum Gasteiger partial charge on any atom is 0.354 e. The number of hydrogen-bond donors (Lipinski definition) is 4. The number of benzene rings is 1. The van der Waals surface area contributed by atoms with Crippen LogP contribution >= 0.6 is 0 Å². The third kappa shape index (κ3) is 2.41. The van der Waals surface area contributed by atoms with E-state index in [1.165, 1.54) is 6.33 Å². The summed E-state index contributed by atoms with van der Waals surface area (Å²) in [6, 6.07) is 7.09. The lowest BCUT2D eigenvalue weighted by molar-refractivity contribution is 0.0684. The number of imidazole rings is 2. The molecule has 2 heterocycles. The minimum absolute atomic E-state index is 0.157. The molecular formula is C14H13N5O3. The van der Waals surface area contributed by atoms with Gasteiger partial charge in [-0.15, -0.1) is 0 Å². The predicted molar refractivity (Wildman–Crippen MR) is 77.5 cm³/mol. The maximum absolute atomic E-state index is 12.1. The van der Waals surface area contributed by atoms with Crippen LogP contribution in [0, 0.1) is 0 Å². The molecule has 0 bridgehead atoms. The Hall–Kier alpha value is -3.16. The first-order valence-corrected chi connectivity index (χ1v) is 6.58. The van der Waals surface area contributed by atoms with Crippen LogP contribution < -0.4 is 5.32 Å². The van der Waals surface area contributed by atoms with Crippen molar-refractivity contribution in [2.24, 2.45) is 0 Å². The molecule has 3 rings (SSSR count). The second-order valence-corrected chi connectivity index (χ2v) is 4.77. The molecule has 0 saturated carbocycles. The Labute approximate surface area is 124 Å². The van der Waals surface area contributed by atoms with Crippen LogP contribution in [0.5, 0.6) is 0 Å². The van der Waals surface area contributed by atoms with E-state index in [2.05, 4.69) is 25.3 Å². The highest BCUT2D eigenvalue weighted by molar-refractivity contribution is 6.02. The van der Waals surface area contributed by atoms with Crippen molar-refractivity contribution in [3.8, 4) is 0 Å². The van der Waals surface area contributed by atoms with E-state index in [1.807, 2.05) is 24.3 Å². The molecule has 1 atom stereocenters. The number of aromatic nitrogens is 4. The van der Waals surface area contributed by atoms with Gasteiger partial charge in [0.15, 0.2) is 11.4 Å². The summed E-state index contributed by atoms with van der Waals surface area (Å²) in [6.45, 7) is 1.75. The fourth-order valence-corrected chi connectivity index (χ4v) is 2.14. The number of aromatic carboxylic acids is 1. The Morgan fingerprint density at radius 3 is 2.82 bits per heavy atom. The van der Waals surface area contributed by atoms with E-state index < -0.39 is 17.9 Å². The smallest absolute Gasteiger partial charge is 0.354 e. The molecule has 1 amide bonds. The molecule has 0 radical (unpaired) electrons. The molecule has 4 N–H and O–H groups in total. The van der Waals surface area contributed by atoms with Gasteiger partial charge < -0.3 is 20.4 Å². The number of aromatic amines is 2. The number of para-hydroxylation sites is 2. The van der Waals surface area contributed by atoms with Crippen molar-refractivity contribution in [2.75, 3.05) is 0 Å². The fraction of sp³-hybridized carbons (Fsp3) is 0.143. The summed E-state index contributed by atoms with van der Waals surface area (Å²) in [5.74, 6) is -1.23. The van der Waals surface area contributed by atoms with Crippen molar-refractivity contribution in [3.05, 3.63) is 47.8 Å². The minimum Gasteiger partial charge on any atom is -0.477 e. The number of carbonyl (C=O) groups excluding carboxylic acids is 1. The average molecular weight is 299 g/mol. The van der Waals surface area contributed by atoms with E-state index in [0.29, 0.717) is 5.82 Å². The SMILES string of the molecule is C[C@H](NC(=O)c1nc[nH]c1C(=O)O)c1nc2ccccc2[nH]1. The van der Waals surface area contributed by atoms with Gasteiger partial charge in [0.25, 0.3) is 5.91 Å². The van der Waals surface area contributed by atoms with Crippen LogP contribution in [0.15, 0.2) is 30.6 Å². The summed E-state index contributed by atoms with van der Waals surface area (Å²) in [5, 5.41) is 11.7. The third-order valence-electron chi connectivity index (χ3n) is 3.23. The predicted octanol–water partition coefficient (Wildman–Crippen LogP) is 1.48. The quantitative estimate of drug-likeness (QED) is 0.581. The number of nitrogens with one attached hydrogen (secondary N) is 3. The summed E-state index contributed by atoms with van der Waals surface area (Å²) >= 11 is 0. The number of carboxylic acid groups (broad SMARTS) is 1. The largest absolute Gasteiger partial charge is 0.477 e. The summed E-state index contributed by atoms with van der Waals surface area (Å²) in [4.78, 5) is 36.8. The highest BCUT2D eigenvalue weighted by Crippen LogP contribution is 2.16. The molecule has 0 aliphatic rings. The topological polar surface area (TPSA) is 124 Å². The first-order valence-electron chi connectivity index (χ1n) is 6.58. The molecule has 8 nitrogen and oxygen atoms in total. The monoisotopic (exact) mass is 299 g/mol. The third-order valence-corrected chi connectivity index (χ3v) is 3.23. The van der Waals surface area contributed by atoms with Crippen LogP contribution in [0.25, 0.3) is 11.0 Å². The number of H-pyrrole nitrogens is 2. The lowest BCUT2D eigenvalue weighted by atomic mass is 10.2. The zero-order valence-corrected chi connectivity index (χ0v) is 11.6. The molecule has 1 aromatic carbocycles. The van der Waals surface area contributed by atoms with Crippen LogP contribution in [0.2, 0.25) is 0 Å². The van der Waals surface area contributed by atoms with Crippen molar-refractivity contribution >= 4 is 22.9 Å². The van der Waals surface area contributed by atoms with E-state index in [1.54, 1.807) is 6.92 Å². The molecule has 8 heteroatoms. The molecule has 0 spiro atoms. The van der Waals surface area contributed by atoms with Gasteiger partial charge in [0.2, 0.25) is 0 Å². The number of rotatable bonds is 4. The van der Waals surface area contributed by atoms with Gasteiger partial charge in [0, 0.05) is 0 Å². The number of amides is 1. The van der Waals surface area contributed by atoms with Crippen LogP contribution in [-0.4, -0.2) is 36.9 Å². The molecule has 0 aliphatic carbocycles. The van der Waals surface area contributed by atoms with Crippen LogP contribution in [0.1, 0.15) is 39.8 Å². The molecule has 2 aromatic heterocycles. The average Bonchev–Trinajstić information content (AvgIpc) is 3.13. The molecule has 0 aliphatic heterocycles. The number of fused-ring (bicyclic) bond motifs is 1. The van der Waals surface area contributed by atoms with Gasteiger partial charge in [-0.05, 0) is 19.1 Å². The second-order valence-electron chi connectivity index (χ2n) is 4.77. The zero-order valence-electron chi connectivity index (χ0n) is 11.6. The van der Waals surface area contributed by atoms with Crippen molar-refractivity contribution in [3.63, 3.8) is 0 Å². The van der Waals surface area contributed by atoms with Gasteiger partial charge >= 0.3 is 5.97 Å². The minimum atomic E-state index is -1.24. The van der Waals surface area contributed by atoms with Crippen molar-refractivity contribution in [1.29, 1.82) is 0 Å². The standard InChI is InChI=1S/C14H13N5O3/c1-7(12-18-8-4-2-3-5-9(8)19-12)17-13(20)10-11(14(21)22)16-6-15-10/h2-7H,1H3,(H,15,16)(H,17,20)(H,18,19)(H,21,22)/t7-/m0/s1. The lowest BCUT2D eigenvalue weighted by Crippen LogP contribution is -2.29. The molecule has 0 fully saturated rings. The number of nitrogens with zero attached hydrogens (tertiary/aromatic N) is 2. The Morgan fingerprint density at radius 1 is 1.32 bits per heavy atom. The van der Waals surface area contributed by atoms with Gasteiger partial charge in [-0.3, -0.25) is 4.79 Å². The Morgan fingerprint density at radius 2 is 2.09 bits per heavy atom. The fourth-order valence-electron chi connectivity index (χ4n) is 2.14. The Bertz CT molecular complexity index is 818. The van der Waals surface area contributed by atoms with Crippen molar-refractivity contribution in [2.45, 2.75) is 13.0 Å². The van der Waals surface area contributed by atoms with Gasteiger partial charge in [-0.2, -0.15) is 0 Å². The summed E-state index contributed by atoms with van der Waals surface area (Å²) in [6.07, 6.45) is 1.17. The molecular weight excluding hydrogens is 286 g/mol. The van der Waals surface area contributed by atoms with Crippen molar-refractivity contribution in [1.82, 2.24) is 25.3 Å². The maximum atomic E-state index is 12.1. The molecule has 0 unspecified atom stereocenters. The first-order chi connectivity index (χ1) is 10.6. The summed E-state index contributed by atoms with van der Waals surface area (Å²) < 4.78 is 0. The van der Waals surface area contributed by atoms with Gasteiger partial charge in [0.1, 0.15) is 5.82 Å².